The van der Waals surface area contributed by atoms with Crippen molar-refractivity contribution in [3.05, 3.63) is 71.8 Å². The van der Waals surface area contributed by atoms with Crippen molar-refractivity contribution >= 4 is 6.47 Å². The molecule has 0 aliphatic heterocycles. The Morgan fingerprint density at radius 3 is 1.86 bits per heavy atom. The molecule has 0 saturated heterocycles. The molecule has 0 aromatic heterocycles. The Hall–Kier alpha value is -2.13. The first-order valence-electron chi connectivity index (χ1n) is 7.24. The molecular weight excluding hydrogens is 262 g/mol. The first kappa shape index (κ1) is 15.3. The van der Waals surface area contributed by atoms with E-state index < -0.39 is 0 Å². The lowest BCUT2D eigenvalue weighted by Gasteiger charge is -2.22. The molecule has 0 atom stereocenters. The minimum Gasteiger partial charge on any atom is -0.468 e. The van der Waals surface area contributed by atoms with Crippen LogP contribution in [0.3, 0.4) is 0 Å². The predicted octanol–water partition coefficient (Wildman–Crippen LogP) is 3.25. The lowest BCUT2D eigenvalue weighted by Crippen LogP contribution is -2.24. The van der Waals surface area contributed by atoms with E-state index >= 15 is 0 Å². The van der Waals surface area contributed by atoms with Gasteiger partial charge < -0.3 is 4.74 Å². The van der Waals surface area contributed by atoms with E-state index in [0.29, 0.717) is 13.1 Å². The van der Waals surface area contributed by atoms with Gasteiger partial charge in [-0.25, -0.2) is 0 Å². The third-order valence-electron chi connectivity index (χ3n) is 3.30. The third kappa shape index (κ3) is 5.79. The second-order valence-electron chi connectivity index (χ2n) is 5.00. The molecule has 3 nitrogen and oxygen atoms in total. The summed E-state index contributed by atoms with van der Waals surface area (Å²) in [5, 5.41) is 0. The highest BCUT2D eigenvalue weighted by atomic mass is 16.5. The fourth-order valence-electron chi connectivity index (χ4n) is 2.32. The molecule has 0 amide bonds. The van der Waals surface area contributed by atoms with Gasteiger partial charge in [0.05, 0.1) is 6.61 Å². The number of hydrogen-bond donors (Lipinski definition) is 0. The van der Waals surface area contributed by atoms with E-state index in [-0.39, 0.29) is 0 Å². The summed E-state index contributed by atoms with van der Waals surface area (Å²) in [4.78, 5) is 12.6. The maximum atomic E-state index is 10.2. The van der Waals surface area contributed by atoms with E-state index in [0.717, 1.165) is 26.1 Å². The average Bonchev–Trinajstić information content (AvgIpc) is 2.53. The Morgan fingerprint density at radius 1 is 0.857 bits per heavy atom. The second-order valence-corrected chi connectivity index (χ2v) is 5.00. The molecule has 0 radical (unpaired) electrons. The summed E-state index contributed by atoms with van der Waals surface area (Å²) < 4.78 is 4.78. The molecule has 0 N–H and O–H groups in total. The zero-order chi connectivity index (χ0) is 14.8. The van der Waals surface area contributed by atoms with Gasteiger partial charge in [0.25, 0.3) is 6.47 Å². The molecule has 0 aliphatic rings. The molecule has 3 heteroatoms. The highest BCUT2D eigenvalue weighted by Gasteiger charge is 2.07. The van der Waals surface area contributed by atoms with Crippen molar-refractivity contribution in [2.75, 3.05) is 13.2 Å². The fourth-order valence-corrected chi connectivity index (χ4v) is 2.32. The number of ether oxygens (including phenoxy) is 1. The zero-order valence-corrected chi connectivity index (χ0v) is 12.2. The van der Waals surface area contributed by atoms with Crippen molar-refractivity contribution in [3.63, 3.8) is 0 Å². The maximum Gasteiger partial charge on any atom is 0.293 e. The summed E-state index contributed by atoms with van der Waals surface area (Å²) in [6, 6.07) is 20.9. The number of nitrogens with zero attached hydrogens (tertiary/aromatic N) is 1. The minimum atomic E-state index is 0.476. The van der Waals surface area contributed by atoms with Crippen LogP contribution in [0.4, 0.5) is 0 Å². The second kappa shape index (κ2) is 8.93. The predicted molar refractivity (Wildman–Crippen MR) is 83.6 cm³/mol. The highest BCUT2D eigenvalue weighted by Crippen LogP contribution is 2.10. The quantitative estimate of drug-likeness (QED) is 0.522. The van der Waals surface area contributed by atoms with Crippen molar-refractivity contribution in [2.45, 2.75) is 19.5 Å². The molecule has 0 unspecified atom stereocenters. The molecule has 0 aliphatic carbocycles. The Kier molecular flexibility index (Phi) is 6.49. The van der Waals surface area contributed by atoms with Crippen molar-refractivity contribution < 1.29 is 9.53 Å². The van der Waals surface area contributed by atoms with Gasteiger partial charge in [-0.2, -0.15) is 0 Å². The fraction of sp³-hybridized carbons (Fsp3) is 0.278. The van der Waals surface area contributed by atoms with Crippen LogP contribution in [0.1, 0.15) is 17.5 Å². The normalized spacial score (nSPS) is 10.5. The van der Waals surface area contributed by atoms with Crippen LogP contribution in [0, 0.1) is 0 Å². The van der Waals surface area contributed by atoms with Crippen LogP contribution in [0.2, 0.25) is 0 Å². The molecule has 21 heavy (non-hydrogen) atoms. The third-order valence-corrected chi connectivity index (χ3v) is 3.30. The van der Waals surface area contributed by atoms with Crippen LogP contribution in [0.5, 0.6) is 0 Å². The van der Waals surface area contributed by atoms with Gasteiger partial charge in [-0.15, -0.1) is 0 Å². The molecule has 2 aromatic carbocycles. The molecule has 0 heterocycles. The molecule has 0 spiro atoms. The number of hydrogen-bond acceptors (Lipinski definition) is 3. The van der Waals surface area contributed by atoms with E-state index in [4.69, 9.17) is 4.74 Å². The Balaban J connectivity index is 1.94. The van der Waals surface area contributed by atoms with Crippen LogP contribution in [-0.4, -0.2) is 24.5 Å². The summed E-state index contributed by atoms with van der Waals surface area (Å²) in [6.07, 6.45) is 0.846. The van der Waals surface area contributed by atoms with E-state index in [1.54, 1.807) is 0 Å². The van der Waals surface area contributed by atoms with Crippen LogP contribution in [-0.2, 0) is 22.6 Å². The van der Waals surface area contributed by atoms with Gasteiger partial charge in [0.1, 0.15) is 0 Å². The average molecular weight is 283 g/mol. The minimum absolute atomic E-state index is 0.476. The summed E-state index contributed by atoms with van der Waals surface area (Å²) in [6.45, 7) is 3.69. The SMILES string of the molecule is O=COCCCN(Cc1ccccc1)Cc1ccccc1. The first-order valence-corrected chi connectivity index (χ1v) is 7.24. The van der Waals surface area contributed by atoms with Gasteiger partial charge in [0.2, 0.25) is 0 Å². The van der Waals surface area contributed by atoms with Gasteiger partial charge in [-0.1, -0.05) is 60.7 Å². The van der Waals surface area contributed by atoms with Gasteiger partial charge in [0, 0.05) is 19.6 Å². The smallest absolute Gasteiger partial charge is 0.293 e. The maximum absolute atomic E-state index is 10.2. The monoisotopic (exact) mass is 283 g/mol. The Morgan fingerprint density at radius 2 is 1.38 bits per heavy atom. The first-order chi connectivity index (χ1) is 10.4. The van der Waals surface area contributed by atoms with Crippen LogP contribution >= 0.6 is 0 Å². The Labute approximate surface area is 126 Å². The number of carbonyl (C=O) groups excluding carboxylic acids is 1. The van der Waals surface area contributed by atoms with Crippen molar-refractivity contribution in [3.8, 4) is 0 Å². The van der Waals surface area contributed by atoms with Crippen molar-refractivity contribution in [2.24, 2.45) is 0 Å². The van der Waals surface area contributed by atoms with Crippen LogP contribution in [0.25, 0.3) is 0 Å². The number of benzene rings is 2. The van der Waals surface area contributed by atoms with Gasteiger partial charge >= 0.3 is 0 Å². The van der Waals surface area contributed by atoms with E-state index in [1.165, 1.54) is 11.1 Å². The summed E-state index contributed by atoms with van der Waals surface area (Å²) in [5.41, 5.74) is 2.59. The zero-order valence-electron chi connectivity index (χ0n) is 12.2. The highest BCUT2D eigenvalue weighted by molar-refractivity contribution is 5.36. The van der Waals surface area contributed by atoms with E-state index in [1.807, 2.05) is 12.1 Å². The topological polar surface area (TPSA) is 29.5 Å². The lowest BCUT2D eigenvalue weighted by molar-refractivity contribution is -0.128. The van der Waals surface area contributed by atoms with Gasteiger partial charge in [-0.05, 0) is 17.5 Å². The number of carbonyl (C=O) groups is 1. The van der Waals surface area contributed by atoms with Crippen LogP contribution < -0.4 is 0 Å². The largest absolute Gasteiger partial charge is 0.468 e. The summed E-state index contributed by atoms with van der Waals surface area (Å²) in [7, 11) is 0. The summed E-state index contributed by atoms with van der Waals surface area (Å²) in [5.74, 6) is 0. The molecule has 0 bridgehead atoms. The van der Waals surface area contributed by atoms with Crippen molar-refractivity contribution in [1.29, 1.82) is 0 Å². The number of rotatable bonds is 9. The molecule has 0 saturated carbocycles. The molecule has 2 aromatic rings. The van der Waals surface area contributed by atoms with E-state index in [2.05, 4.69) is 53.4 Å². The van der Waals surface area contributed by atoms with E-state index in [9.17, 15) is 4.79 Å². The standard InChI is InChI=1S/C18H21NO2/c20-16-21-13-7-12-19(14-17-8-3-1-4-9-17)15-18-10-5-2-6-11-18/h1-6,8-11,16H,7,12-15H2. The molecule has 2 rings (SSSR count). The molecule has 110 valence electrons. The van der Waals surface area contributed by atoms with Crippen LogP contribution in [0.15, 0.2) is 60.7 Å². The van der Waals surface area contributed by atoms with Gasteiger partial charge in [-0.3, -0.25) is 9.69 Å². The van der Waals surface area contributed by atoms with Gasteiger partial charge in [0.15, 0.2) is 0 Å². The molecular formula is C18H21NO2. The molecule has 0 fully saturated rings. The Bertz CT molecular complexity index is 472. The lowest BCUT2D eigenvalue weighted by atomic mass is 10.1. The summed E-state index contributed by atoms with van der Waals surface area (Å²) >= 11 is 0. The van der Waals surface area contributed by atoms with Crippen molar-refractivity contribution in [1.82, 2.24) is 4.90 Å².